The van der Waals surface area contributed by atoms with E-state index in [2.05, 4.69) is 13.8 Å². The van der Waals surface area contributed by atoms with Crippen LogP contribution in [0.2, 0.25) is 0 Å². The number of hydrogen-bond acceptors (Lipinski definition) is 1. The van der Waals surface area contributed by atoms with Crippen LogP contribution in [0.4, 0.5) is 13.2 Å². The van der Waals surface area contributed by atoms with Crippen molar-refractivity contribution >= 4 is 5.91 Å². The molecule has 2 unspecified atom stereocenters. The van der Waals surface area contributed by atoms with Gasteiger partial charge in [-0.2, -0.15) is 13.2 Å². The van der Waals surface area contributed by atoms with E-state index in [0.29, 0.717) is 24.7 Å². The van der Waals surface area contributed by atoms with Crippen molar-refractivity contribution in [1.82, 2.24) is 5.32 Å². The van der Waals surface area contributed by atoms with Crippen LogP contribution in [0.25, 0.3) is 0 Å². The van der Waals surface area contributed by atoms with E-state index in [1.54, 1.807) is 0 Å². The van der Waals surface area contributed by atoms with Crippen molar-refractivity contribution in [1.29, 1.82) is 0 Å². The maximum Gasteiger partial charge on any atom is 0.471 e. The van der Waals surface area contributed by atoms with Crippen LogP contribution >= 0.6 is 0 Å². The molecule has 1 aliphatic carbocycles. The minimum Gasteiger partial charge on any atom is -0.346 e. The summed E-state index contributed by atoms with van der Waals surface area (Å²) in [7, 11) is 0. The molecule has 0 aromatic rings. The average Bonchev–Trinajstić information content (AvgIpc) is 2.50. The summed E-state index contributed by atoms with van der Waals surface area (Å²) in [4.78, 5) is 10.7. The van der Waals surface area contributed by atoms with Crippen molar-refractivity contribution in [3.05, 3.63) is 0 Å². The lowest BCUT2D eigenvalue weighted by atomic mass is 9.94. The third kappa shape index (κ3) is 3.39. The highest BCUT2D eigenvalue weighted by Gasteiger charge is 2.40. The van der Waals surface area contributed by atoms with E-state index in [9.17, 15) is 18.0 Å². The summed E-state index contributed by atoms with van der Waals surface area (Å²) in [6.07, 6.45) is -2.53. The fraction of sp³-hybridized carbons (Fsp3) is 0.900. The van der Waals surface area contributed by atoms with Crippen molar-refractivity contribution in [2.75, 3.05) is 0 Å². The molecule has 0 radical (unpaired) electrons. The zero-order chi connectivity index (χ0) is 11.6. The van der Waals surface area contributed by atoms with Gasteiger partial charge in [-0.3, -0.25) is 4.79 Å². The van der Waals surface area contributed by atoms with Crippen LogP contribution in [0, 0.1) is 11.8 Å². The number of rotatable bonds is 2. The van der Waals surface area contributed by atoms with Crippen molar-refractivity contribution in [2.45, 2.75) is 45.3 Å². The van der Waals surface area contributed by atoms with Gasteiger partial charge in [-0.1, -0.05) is 13.8 Å². The third-order valence-electron chi connectivity index (χ3n) is 3.01. The first kappa shape index (κ1) is 12.3. The second kappa shape index (κ2) is 4.41. The van der Waals surface area contributed by atoms with Crippen LogP contribution in [-0.2, 0) is 4.79 Å². The van der Waals surface area contributed by atoms with Crippen LogP contribution in [0.5, 0.6) is 0 Å². The monoisotopic (exact) mass is 223 g/mol. The predicted molar refractivity (Wildman–Crippen MR) is 50.2 cm³/mol. The van der Waals surface area contributed by atoms with E-state index < -0.39 is 12.1 Å². The Labute approximate surface area is 87.2 Å². The fourth-order valence-corrected chi connectivity index (χ4v) is 2.02. The summed E-state index contributed by atoms with van der Waals surface area (Å²) in [6, 6.07) is -0.300. The molecule has 0 bridgehead atoms. The number of carbonyl (C=O) groups is 1. The second-order valence-electron chi connectivity index (χ2n) is 4.49. The van der Waals surface area contributed by atoms with Gasteiger partial charge in [-0.25, -0.2) is 0 Å². The minimum absolute atomic E-state index is 0.300. The number of hydrogen-bond donors (Lipinski definition) is 1. The number of amides is 1. The van der Waals surface area contributed by atoms with Crippen LogP contribution < -0.4 is 5.32 Å². The number of carbonyl (C=O) groups excluding carboxylic acids is 1. The molecule has 5 heteroatoms. The van der Waals surface area contributed by atoms with E-state index in [1.165, 1.54) is 0 Å². The van der Waals surface area contributed by atoms with Crippen LogP contribution in [0.3, 0.4) is 0 Å². The molecule has 1 fully saturated rings. The molecule has 2 nitrogen and oxygen atoms in total. The average molecular weight is 223 g/mol. The highest BCUT2D eigenvalue weighted by Crippen LogP contribution is 2.31. The van der Waals surface area contributed by atoms with E-state index in [4.69, 9.17) is 0 Å². The Morgan fingerprint density at radius 3 is 2.33 bits per heavy atom. The number of nitrogens with one attached hydrogen (secondary N) is 1. The molecule has 0 saturated heterocycles. The molecule has 1 aliphatic rings. The lowest BCUT2D eigenvalue weighted by Crippen LogP contribution is -2.42. The van der Waals surface area contributed by atoms with Gasteiger partial charge >= 0.3 is 12.1 Å². The van der Waals surface area contributed by atoms with E-state index >= 15 is 0 Å². The molecule has 1 rings (SSSR count). The van der Waals surface area contributed by atoms with Crippen molar-refractivity contribution in [3.8, 4) is 0 Å². The summed E-state index contributed by atoms with van der Waals surface area (Å²) < 4.78 is 35.8. The van der Waals surface area contributed by atoms with E-state index in [-0.39, 0.29) is 6.04 Å². The van der Waals surface area contributed by atoms with Crippen LogP contribution in [0.1, 0.15) is 33.1 Å². The molecular formula is C10H16F3NO. The molecule has 2 atom stereocenters. The first-order valence-corrected chi connectivity index (χ1v) is 5.18. The molecule has 0 spiro atoms. The molecule has 1 saturated carbocycles. The lowest BCUT2D eigenvalue weighted by molar-refractivity contribution is -0.174. The fourth-order valence-electron chi connectivity index (χ4n) is 2.02. The Morgan fingerprint density at radius 1 is 1.33 bits per heavy atom. The molecule has 0 heterocycles. The molecule has 1 N–H and O–H groups in total. The van der Waals surface area contributed by atoms with Gasteiger partial charge < -0.3 is 5.32 Å². The standard InChI is InChI=1S/C10H16F3NO/c1-6(2)7-3-4-8(5-7)14-9(15)10(11,12)13/h6-8H,3-5H2,1-2H3,(H,14,15). The third-order valence-corrected chi connectivity index (χ3v) is 3.01. The summed E-state index contributed by atoms with van der Waals surface area (Å²) in [5.74, 6) is -0.904. The number of alkyl halides is 3. The Bertz CT molecular complexity index is 237. The largest absolute Gasteiger partial charge is 0.471 e. The Balaban J connectivity index is 2.40. The Kier molecular flexibility index (Phi) is 3.62. The normalized spacial score (nSPS) is 27.1. The van der Waals surface area contributed by atoms with Crippen LogP contribution in [-0.4, -0.2) is 18.1 Å². The van der Waals surface area contributed by atoms with Gasteiger partial charge in [0.2, 0.25) is 0 Å². The minimum atomic E-state index is -4.75. The topological polar surface area (TPSA) is 29.1 Å². The van der Waals surface area contributed by atoms with Gasteiger partial charge in [0.25, 0.3) is 0 Å². The molecule has 0 aliphatic heterocycles. The quantitative estimate of drug-likeness (QED) is 0.765. The number of halogens is 3. The summed E-state index contributed by atoms with van der Waals surface area (Å²) in [6.45, 7) is 4.11. The molecule has 0 aromatic heterocycles. The summed E-state index contributed by atoms with van der Waals surface area (Å²) >= 11 is 0. The molecule has 1 amide bonds. The molecular weight excluding hydrogens is 207 g/mol. The first-order chi connectivity index (χ1) is 6.80. The lowest BCUT2D eigenvalue weighted by Gasteiger charge is -2.16. The van der Waals surface area contributed by atoms with Gasteiger partial charge in [0.15, 0.2) is 0 Å². The Hall–Kier alpha value is -0.740. The van der Waals surface area contributed by atoms with Crippen LogP contribution in [0.15, 0.2) is 0 Å². The molecule has 0 aromatic carbocycles. The zero-order valence-corrected chi connectivity index (χ0v) is 8.90. The highest BCUT2D eigenvalue weighted by atomic mass is 19.4. The maximum absolute atomic E-state index is 11.9. The summed E-state index contributed by atoms with van der Waals surface area (Å²) in [5, 5.41) is 2.04. The summed E-state index contributed by atoms with van der Waals surface area (Å²) in [5.41, 5.74) is 0. The van der Waals surface area contributed by atoms with E-state index in [0.717, 1.165) is 6.42 Å². The van der Waals surface area contributed by atoms with Gasteiger partial charge in [0, 0.05) is 6.04 Å². The van der Waals surface area contributed by atoms with Gasteiger partial charge in [0.05, 0.1) is 0 Å². The van der Waals surface area contributed by atoms with Gasteiger partial charge in [-0.15, -0.1) is 0 Å². The smallest absolute Gasteiger partial charge is 0.346 e. The van der Waals surface area contributed by atoms with Gasteiger partial charge in [-0.05, 0) is 31.1 Å². The molecule has 15 heavy (non-hydrogen) atoms. The molecule has 88 valence electrons. The maximum atomic E-state index is 11.9. The first-order valence-electron chi connectivity index (χ1n) is 5.18. The van der Waals surface area contributed by atoms with Crippen molar-refractivity contribution in [2.24, 2.45) is 11.8 Å². The van der Waals surface area contributed by atoms with Crippen molar-refractivity contribution in [3.63, 3.8) is 0 Å². The second-order valence-corrected chi connectivity index (χ2v) is 4.49. The zero-order valence-electron chi connectivity index (χ0n) is 8.90. The Morgan fingerprint density at radius 2 is 1.93 bits per heavy atom. The predicted octanol–water partition coefficient (Wildman–Crippen LogP) is 2.49. The highest BCUT2D eigenvalue weighted by molar-refractivity contribution is 5.81. The SMILES string of the molecule is CC(C)C1CCC(NC(=O)C(F)(F)F)C1. The van der Waals surface area contributed by atoms with E-state index in [1.807, 2.05) is 5.32 Å². The van der Waals surface area contributed by atoms with Crippen molar-refractivity contribution < 1.29 is 18.0 Å². The van der Waals surface area contributed by atoms with Gasteiger partial charge in [0.1, 0.15) is 0 Å².